The topological polar surface area (TPSA) is 56.2 Å². The number of hydrogen-bond donors (Lipinski definition) is 1. The Labute approximate surface area is 134 Å². The molecule has 116 valence electrons. The maximum atomic E-state index is 12.2. The van der Waals surface area contributed by atoms with Gasteiger partial charge < -0.3 is 14.6 Å². The number of benzene rings is 1. The molecule has 0 saturated carbocycles. The van der Waals surface area contributed by atoms with Crippen LogP contribution in [0.1, 0.15) is 12.0 Å². The van der Waals surface area contributed by atoms with Gasteiger partial charge in [-0.2, -0.15) is 0 Å². The molecule has 1 aliphatic heterocycles. The SMILES string of the molecule is O=C(NCCCn1ccnc1)C1COc2ccc(Cl)cc2C1. The van der Waals surface area contributed by atoms with E-state index in [0.717, 1.165) is 24.3 Å². The largest absolute Gasteiger partial charge is 0.492 e. The van der Waals surface area contributed by atoms with Crippen molar-refractivity contribution in [1.82, 2.24) is 14.9 Å². The zero-order chi connectivity index (χ0) is 15.4. The molecule has 0 saturated heterocycles. The van der Waals surface area contributed by atoms with Crippen molar-refractivity contribution in [2.24, 2.45) is 5.92 Å². The number of halogens is 1. The molecule has 3 rings (SSSR count). The van der Waals surface area contributed by atoms with Crippen LogP contribution in [0.4, 0.5) is 0 Å². The van der Waals surface area contributed by atoms with Gasteiger partial charge in [0.2, 0.25) is 5.91 Å². The molecule has 1 atom stereocenters. The minimum Gasteiger partial charge on any atom is -0.492 e. The van der Waals surface area contributed by atoms with Crippen LogP contribution in [-0.2, 0) is 17.8 Å². The molecule has 6 heteroatoms. The summed E-state index contributed by atoms with van der Waals surface area (Å²) in [5.74, 6) is 0.712. The second kappa shape index (κ2) is 6.83. The van der Waals surface area contributed by atoms with Gasteiger partial charge in [-0.1, -0.05) is 11.6 Å². The molecule has 0 bridgehead atoms. The third kappa shape index (κ3) is 3.60. The highest BCUT2D eigenvalue weighted by atomic mass is 35.5. The Hall–Kier alpha value is -2.01. The van der Waals surface area contributed by atoms with E-state index in [9.17, 15) is 4.79 Å². The fraction of sp³-hybridized carbons (Fsp3) is 0.375. The van der Waals surface area contributed by atoms with Crippen molar-refractivity contribution in [3.05, 3.63) is 47.5 Å². The van der Waals surface area contributed by atoms with Crippen LogP contribution >= 0.6 is 11.6 Å². The van der Waals surface area contributed by atoms with Crippen LogP contribution in [-0.4, -0.2) is 28.6 Å². The number of hydrogen-bond acceptors (Lipinski definition) is 3. The Bertz CT molecular complexity index is 643. The van der Waals surface area contributed by atoms with Crippen LogP contribution in [0.15, 0.2) is 36.9 Å². The number of fused-ring (bicyclic) bond motifs is 1. The fourth-order valence-electron chi connectivity index (χ4n) is 2.57. The average Bonchev–Trinajstić information content (AvgIpc) is 3.04. The van der Waals surface area contributed by atoms with E-state index in [0.29, 0.717) is 24.6 Å². The monoisotopic (exact) mass is 319 g/mol. The zero-order valence-electron chi connectivity index (χ0n) is 12.2. The molecular weight excluding hydrogens is 302 g/mol. The number of nitrogens with zero attached hydrogens (tertiary/aromatic N) is 2. The van der Waals surface area contributed by atoms with Crippen molar-refractivity contribution in [1.29, 1.82) is 0 Å². The summed E-state index contributed by atoms with van der Waals surface area (Å²) in [7, 11) is 0. The first-order chi connectivity index (χ1) is 10.7. The lowest BCUT2D eigenvalue weighted by atomic mass is 9.96. The summed E-state index contributed by atoms with van der Waals surface area (Å²) in [6.07, 6.45) is 6.98. The smallest absolute Gasteiger partial charge is 0.226 e. The second-order valence-corrected chi connectivity index (χ2v) is 5.85. The summed E-state index contributed by atoms with van der Waals surface area (Å²) in [5.41, 5.74) is 0.998. The number of imidazole rings is 1. The minimum absolute atomic E-state index is 0.0382. The second-order valence-electron chi connectivity index (χ2n) is 5.41. The predicted octanol–water partition coefficient (Wildman–Crippen LogP) is 2.29. The van der Waals surface area contributed by atoms with Gasteiger partial charge in [-0.15, -0.1) is 0 Å². The Morgan fingerprint density at radius 3 is 3.23 bits per heavy atom. The number of carbonyl (C=O) groups excluding carboxylic acids is 1. The first-order valence-electron chi connectivity index (χ1n) is 7.37. The van der Waals surface area contributed by atoms with E-state index < -0.39 is 0 Å². The molecule has 22 heavy (non-hydrogen) atoms. The van der Waals surface area contributed by atoms with Crippen LogP contribution < -0.4 is 10.1 Å². The summed E-state index contributed by atoms with van der Waals surface area (Å²) in [6, 6.07) is 5.53. The molecule has 1 amide bonds. The van der Waals surface area contributed by atoms with E-state index in [1.54, 1.807) is 18.6 Å². The van der Waals surface area contributed by atoms with E-state index in [1.807, 2.05) is 22.9 Å². The minimum atomic E-state index is -0.154. The van der Waals surface area contributed by atoms with Gasteiger partial charge in [0.05, 0.1) is 12.2 Å². The Morgan fingerprint density at radius 1 is 1.50 bits per heavy atom. The number of rotatable bonds is 5. The highest BCUT2D eigenvalue weighted by Crippen LogP contribution is 2.29. The summed E-state index contributed by atoms with van der Waals surface area (Å²) in [4.78, 5) is 16.2. The molecule has 1 aromatic carbocycles. The molecule has 2 aromatic rings. The number of ether oxygens (including phenoxy) is 1. The number of aromatic nitrogens is 2. The Kier molecular flexibility index (Phi) is 4.63. The summed E-state index contributed by atoms with van der Waals surface area (Å²) < 4.78 is 7.64. The molecule has 2 heterocycles. The number of amides is 1. The van der Waals surface area contributed by atoms with Gasteiger partial charge in [-0.25, -0.2) is 4.98 Å². The number of aryl methyl sites for hydroxylation is 1. The lowest BCUT2D eigenvalue weighted by Gasteiger charge is -2.24. The standard InChI is InChI=1S/C16H18ClN3O2/c17-14-2-3-15-12(9-14)8-13(10-22-15)16(21)19-4-1-6-20-7-5-18-11-20/h2-3,5,7,9,11,13H,1,4,6,8,10H2,(H,19,21). The molecule has 5 nitrogen and oxygen atoms in total. The van der Waals surface area contributed by atoms with Gasteiger partial charge in [0.1, 0.15) is 12.4 Å². The maximum absolute atomic E-state index is 12.2. The highest BCUT2D eigenvalue weighted by Gasteiger charge is 2.25. The van der Waals surface area contributed by atoms with Gasteiger partial charge in [-0.3, -0.25) is 4.79 Å². The quantitative estimate of drug-likeness (QED) is 0.860. The van der Waals surface area contributed by atoms with Crippen molar-refractivity contribution in [2.45, 2.75) is 19.4 Å². The molecule has 0 aliphatic carbocycles. The molecule has 1 aromatic heterocycles. The van der Waals surface area contributed by atoms with Crippen molar-refractivity contribution in [3.8, 4) is 5.75 Å². The average molecular weight is 320 g/mol. The van der Waals surface area contributed by atoms with Crippen LogP contribution in [0.2, 0.25) is 5.02 Å². The predicted molar refractivity (Wildman–Crippen MR) is 84.0 cm³/mol. The van der Waals surface area contributed by atoms with E-state index >= 15 is 0 Å². The summed E-state index contributed by atoms with van der Waals surface area (Å²) >= 11 is 5.99. The Balaban J connectivity index is 1.47. The molecule has 0 fully saturated rings. The lowest BCUT2D eigenvalue weighted by molar-refractivity contribution is -0.126. The third-order valence-corrected chi connectivity index (χ3v) is 3.99. The molecule has 1 unspecified atom stereocenters. The van der Waals surface area contributed by atoms with Crippen LogP contribution in [0, 0.1) is 5.92 Å². The van der Waals surface area contributed by atoms with Gasteiger partial charge in [0.15, 0.2) is 0 Å². The van der Waals surface area contributed by atoms with E-state index in [1.165, 1.54) is 0 Å². The molecule has 1 N–H and O–H groups in total. The molecule has 1 aliphatic rings. The van der Waals surface area contributed by atoms with E-state index in [2.05, 4.69) is 10.3 Å². The first-order valence-corrected chi connectivity index (χ1v) is 7.75. The highest BCUT2D eigenvalue weighted by molar-refractivity contribution is 6.30. The van der Waals surface area contributed by atoms with Crippen LogP contribution in [0.3, 0.4) is 0 Å². The summed E-state index contributed by atoms with van der Waals surface area (Å²) in [5, 5.41) is 3.64. The van der Waals surface area contributed by atoms with Gasteiger partial charge in [-0.05, 0) is 36.6 Å². The zero-order valence-corrected chi connectivity index (χ0v) is 12.9. The van der Waals surface area contributed by atoms with Gasteiger partial charge >= 0.3 is 0 Å². The van der Waals surface area contributed by atoms with Crippen molar-refractivity contribution < 1.29 is 9.53 Å². The maximum Gasteiger partial charge on any atom is 0.226 e. The van der Waals surface area contributed by atoms with Crippen LogP contribution in [0.5, 0.6) is 5.75 Å². The third-order valence-electron chi connectivity index (χ3n) is 3.75. The molecule has 0 spiro atoms. The summed E-state index contributed by atoms with van der Waals surface area (Å²) in [6.45, 7) is 1.91. The number of carbonyl (C=O) groups is 1. The van der Waals surface area contributed by atoms with Crippen molar-refractivity contribution >= 4 is 17.5 Å². The van der Waals surface area contributed by atoms with Gasteiger partial charge in [0, 0.05) is 30.5 Å². The fourth-order valence-corrected chi connectivity index (χ4v) is 2.76. The molecular formula is C16H18ClN3O2. The molecule has 0 radical (unpaired) electrons. The van der Waals surface area contributed by atoms with E-state index in [4.69, 9.17) is 16.3 Å². The normalized spacial score (nSPS) is 16.7. The Morgan fingerprint density at radius 2 is 2.41 bits per heavy atom. The first kappa shape index (κ1) is 14.9. The van der Waals surface area contributed by atoms with E-state index in [-0.39, 0.29) is 11.8 Å². The lowest BCUT2D eigenvalue weighted by Crippen LogP contribution is -2.38. The van der Waals surface area contributed by atoms with Crippen LogP contribution in [0.25, 0.3) is 0 Å². The van der Waals surface area contributed by atoms with Gasteiger partial charge in [0.25, 0.3) is 0 Å². The van der Waals surface area contributed by atoms with Crippen molar-refractivity contribution in [2.75, 3.05) is 13.2 Å². The number of nitrogens with one attached hydrogen (secondary N) is 1. The van der Waals surface area contributed by atoms with Crippen molar-refractivity contribution in [3.63, 3.8) is 0 Å².